The number of hydrogen-bond donors (Lipinski definition) is 12. The summed E-state index contributed by atoms with van der Waals surface area (Å²) in [6.45, 7) is 39.2. The van der Waals surface area contributed by atoms with E-state index in [1.807, 2.05) is 13.8 Å². The fourth-order valence-electron chi connectivity index (χ4n) is 10.1. The molecule has 37 nitrogen and oxygen atoms in total. The number of aliphatic carboxylic acids is 1. The number of para-hydroxylation sites is 3. The topological polar surface area (TPSA) is 557 Å². The quantitative estimate of drug-likeness (QED) is 0.0144. The van der Waals surface area contributed by atoms with Gasteiger partial charge in [0.1, 0.15) is 54.9 Å². The van der Waals surface area contributed by atoms with Crippen LogP contribution in [0.25, 0.3) is 10.9 Å². The summed E-state index contributed by atoms with van der Waals surface area (Å²) in [5.74, 6) is -6.64. The van der Waals surface area contributed by atoms with Crippen LogP contribution in [0.1, 0.15) is 213 Å². The molecule has 8 aromatic rings. The highest BCUT2D eigenvalue weighted by Crippen LogP contribution is 2.29. The van der Waals surface area contributed by atoms with Crippen LogP contribution in [0.2, 0.25) is 0 Å². The number of anilines is 6. The third-order valence-corrected chi connectivity index (χ3v) is 19.7. The molecule has 0 unspecified atom stereocenters. The fourth-order valence-corrected chi connectivity index (χ4v) is 13.4. The monoisotopic (exact) mass is 1760 g/mol. The highest BCUT2D eigenvalue weighted by Gasteiger charge is 2.33. The van der Waals surface area contributed by atoms with E-state index < -0.39 is 112 Å². The van der Waals surface area contributed by atoms with E-state index in [2.05, 4.69) is 56.8 Å². The van der Waals surface area contributed by atoms with Gasteiger partial charge in [-0.1, -0.05) is 137 Å². The average molecular weight is 1760 g/mol. The van der Waals surface area contributed by atoms with Crippen molar-refractivity contribution in [1.29, 1.82) is 0 Å². The molecule has 121 heavy (non-hydrogen) atoms. The van der Waals surface area contributed by atoms with Crippen LogP contribution in [0, 0.1) is 51.4 Å². The number of amides is 6. The smallest absolute Gasteiger partial charge is 0.408 e. The van der Waals surface area contributed by atoms with Gasteiger partial charge < -0.3 is 92.7 Å². The molecular formula is C80H109N15O22S4. The lowest BCUT2D eigenvalue weighted by Gasteiger charge is -2.24. The molecule has 0 saturated carbocycles. The molecule has 0 saturated heterocycles. The number of carboxylic acid groups (broad SMARTS) is 2. The summed E-state index contributed by atoms with van der Waals surface area (Å²) in [6, 6.07) is 16.0. The zero-order valence-electron chi connectivity index (χ0n) is 71.5. The Morgan fingerprint density at radius 2 is 0.793 bits per heavy atom. The molecule has 0 radical (unpaired) electrons. The van der Waals surface area contributed by atoms with Gasteiger partial charge >= 0.3 is 53.7 Å². The molecule has 0 spiro atoms. The molecule has 5 aromatic heterocycles. The normalized spacial score (nSPS) is 11.8. The minimum absolute atomic E-state index is 0.155. The van der Waals surface area contributed by atoms with Crippen molar-refractivity contribution in [1.82, 2.24) is 45.4 Å². The minimum atomic E-state index is -1.07. The molecule has 0 fully saturated rings. The van der Waals surface area contributed by atoms with Crippen LogP contribution < -0.4 is 60.4 Å². The van der Waals surface area contributed by atoms with Gasteiger partial charge in [-0.05, 0) is 157 Å². The molecular weight excluding hydrogens is 1650 g/mol. The lowest BCUT2D eigenvalue weighted by atomic mass is 10.0. The third kappa shape index (κ3) is 33.1. The van der Waals surface area contributed by atoms with Crippen LogP contribution >= 0.6 is 45.3 Å². The van der Waals surface area contributed by atoms with Gasteiger partial charge in [-0.2, -0.15) is 0 Å². The number of carboxylic acids is 2. The molecule has 5 heterocycles. The molecule has 660 valence electrons. The van der Waals surface area contributed by atoms with Gasteiger partial charge in [0, 0.05) is 11.4 Å². The van der Waals surface area contributed by atoms with Crippen molar-refractivity contribution < 1.29 is 96.2 Å². The highest BCUT2D eigenvalue weighted by molar-refractivity contribution is 7.18. The molecule has 0 aliphatic rings. The summed E-state index contributed by atoms with van der Waals surface area (Å²) in [5.41, 5.74) is 17.6. The Labute approximate surface area is 715 Å². The number of carbonyl (C=O) groups excluding carboxylic acids is 10. The predicted molar refractivity (Wildman–Crippen MR) is 463 cm³/mol. The van der Waals surface area contributed by atoms with Crippen molar-refractivity contribution in [3.8, 4) is 0 Å². The molecule has 0 aliphatic heterocycles. The first kappa shape index (κ1) is 103. The Hall–Kier alpha value is -12.2. The summed E-state index contributed by atoms with van der Waals surface area (Å²) in [4.78, 5) is 188. The highest BCUT2D eigenvalue weighted by atomic mass is 32.1. The Balaban J connectivity index is 0.000000390. The van der Waals surface area contributed by atoms with Gasteiger partial charge in [0.15, 0.2) is 20.5 Å². The van der Waals surface area contributed by atoms with Crippen molar-refractivity contribution in [3.63, 3.8) is 0 Å². The number of alkyl carbamates (subject to hydrolysis) is 2. The second kappa shape index (κ2) is 48.1. The maximum Gasteiger partial charge on any atom is 0.408 e. The number of hydrogen-bond acceptors (Lipinski definition) is 31. The second-order valence-electron chi connectivity index (χ2n) is 29.2. The largest absolute Gasteiger partial charge is 0.480 e. The van der Waals surface area contributed by atoms with Gasteiger partial charge in [-0.25, -0.2) is 67.7 Å². The van der Waals surface area contributed by atoms with Gasteiger partial charge in [-0.15, -0.1) is 0 Å². The van der Waals surface area contributed by atoms with Gasteiger partial charge in [0.05, 0.1) is 71.2 Å². The SMILES string of the molecule is CC(C)[C@H](NC(=O)OC(C)(C)C)C(=O)O.CCOC(=O)c1sc(N)nc1C.CCOC(=O)c1sc(NC(=O)[C@@H](NC(=O)OC(C)(C)C)C(C)C)nc1C.CCOC(=O)c1sc(NC(=O)[C@@H](NC(=O)c2ccccc2N)C(C)C)nc1C.CCOC(=O)c1sc(NC(=O)[C@H](C(C)C)n2c(=O)[nH]c3ccccc3c2=O)nc1C.Nc1ccccc1C(=O)O. The minimum Gasteiger partial charge on any atom is -0.480 e. The van der Waals surface area contributed by atoms with Crippen LogP contribution in [-0.4, -0.2) is 167 Å². The molecule has 6 amide bonds. The summed E-state index contributed by atoms with van der Waals surface area (Å²) in [6.07, 6.45) is -1.38. The van der Waals surface area contributed by atoms with E-state index in [-0.39, 0.29) is 75.3 Å². The van der Waals surface area contributed by atoms with Crippen LogP contribution in [-0.2, 0) is 47.6 Å². The number of nitrogens with one attached hydrogen (secondary N) is 7. The second-order valence-corrected chi connectivity index (χ2v) is 33.2. The van der Waals surface area contributed by atoms with E-state index in [1.54, 1.807) is 205 Å². The predicted octanol–water partition coefficient (Wildman–Crippen LogP) is 12.0. The first-order valence-corrected chi connectivity index (χ1v) is 41.1. The first-order chi connectivity index (χ1) is 56.4. The number of carbonyl (C=O) groups is 12. The average Bonchev–Trinajstić information content (AvgIpc) is 1.16. The van der Waals surface area contributed by atoms with Gasteiger partial charge in [0.25, 0.3) is 11.5 Å². The Kier molecular flexibility index (Phi) is 40.9. The number of nitrogens with zero attached hydrogens (tertiary/aromatic N) is 5. The number of ether oxygens (including phenoxy) is 6. The number of benzene rings is 3. The standard InChI is InChI=1S/C20H22N4O5S.C19H24N4O4S.C17H27N3O5S.C10H19NO4.C7H10N2O2S.C7H7NO2/c1-5-29-18(27)15-11(4)21-19(30-15)23-16(25)14(10(2)3)24-17(26)12-8-6-7-9-13(12)22-20(24)28;1-5-27-18(26)15-11(4)21-19(28-15)23-17(25)14(10(2)3)22-16(24)12-8-6-7-9-13(12)20;1-8-24-14(22)12-10(4)18-15(26-12)20-13(21)11(9(2)3)19-16(23)25-17(5,6)7;1-6(2)7(8(12)13)11-9(14)15-10(3,4)5;1-3-11-6(10)5-4(2)9-7(8)12-5;8-6-4-2-1-3-5(6)7(9)10/h6-10,14H,5H2,1-4H3,(H,22,28)(H,21,23,25);6-10,14H,5,20H2,1-4H3,(H,22,24)(H,21,23,25);9,11H,8H2,1-7H3,(H,19,23)(H,18,20,21);6-7H,1-5H3,(H,11,14)(H,12,13);3H2,1-2H3,(H2,8,9);1-4H,8H2,(H,9,10)/t2*14-;11-;7-;;/m0000../s1. The van der Waals surface area contributed by atoms with E-state index in [4.69, 9.17) is 55.8 Å². The van der Waals surface area contributed by atoms with Crippen LogP contribution in [0.4, 0.5) is 41.5 Å². The van der Waals surface area contributed by atoms with Crippen molar-refractivity contribution in [2.45, 2.75) is 188 Å². The molecule has 3 aromatic carbocycles. The van der Waals surface area contributed by atoms with E-state index in [0.29, 0.717) is 77.0 Å². The molecule has 8 rings (SSSR count). The zero-order chi connectivity index (χ0) is 91.8. The number of nitrogen functional groups attached to an aromatic ring is 3. The van der Waals surface area contributed by atoms with Crippen LogP contribution in [0.15, 0.2) is 82.4 Å². The molecule has 4 atom stereocenters. The Bertz CT molecular complexity index is 5050. The lowest BCUT2D eigenvalue weighted by molar-refractivity contribution is -0.140. The summed E-state index contributed by atoms with van der Waals surface area (Å²) >= 11 is 4.20. The third-order valence-electron chi connectivity index (χ3n) is 15.6. The number of esters is 4. The molecule has 0 bridgehead atoms. The van der Waals surface area contributed by atoms with Crippen LogP contribution in [0.3, 0.4) is 0 Å². The number of nitrogens with two attached hydrogens (primary N) is 3. The molecule has 0 aliphatic carbocycles. The number of fused-ring (bicyclic) bond motifs is 1. The van der Waals surface area contributed by atoms with Crippen molar-refractivity contribution >= 4 is 160 Å². The van der Waals surface area contributed by atoms with Crippen molar-refractivity contribution in [3.05, 3.63) is 147 Å². The Morgan fingerprint density at radius 1 is 0.455 bits per heavy atom. The number of aromatic amines is 1. The fraction of sp³-hybridized carbons (Fsp3) is 0.450. The number of rotatable bonds is 25. The van der Waals surface area contributed by atoms with Gasteiger partial charge in [0.2, 0.25) is 17.7 Å². The van der Waals surface area contributed by atoms with E-state index in [9.17, 15) is 67.1 Å². The van der Waals surface area contributed by atoms with E-state index in [0.717, 1.165) is 49.9 Å². The maximum atomic E-state index is 13.0. The van der Waals surface area contributed by atoms with Crippen LogP contribution in [0.5, 0.6) is 0 Å². The number of H-pyrrole nitrogens is 1. The number of aromatic nitrogens is 6. The summed E-state index contributed by atoms with van der Waals surface area (Å²) < 4.78 is 30.8. The Morgan fingerprint density at radius 3 is 1.12 bits per heavy atom. The number of thiazole rings is 4. The molecule has 15 N–H and O–H groups in total. The molecule has 41 heteroatoms. The zero-order valence-corrected chi connectivity index (χ0v) is 74.8. The summed E-state index contributed by atoms with van der Waals surface area (Å²) in [5, 5.41) is 34.3. The first-order valence-electron chi connectivity index (χ1n) is 37.9. The van der Waals surface area contributed by atoms with Crippen molar-refractivity contribution in [2.24, 2.45) is 23.7 Å². The maximum absolute atomic E-state index is 13.0. The van der Waals surface area contributed by atoms with E-state index in [1.165, 1.54) is 6.07 Å². The van der Waals surface area contributed by atoms with E-state index >= 15 is 0 Å². The van der Waals surface area contributed by atoms with Gasteiger partial charge in [-0.3, -0.25) is 24.0 Å². The lowest BCUT2D eigenvalue weighted by Crippen LogP contribution is -2.48. The summed E-state index contributed by atoms with van der Waals surface area (Å²) in [7, 11) is 0. The van der Waals surface area contributed by atoms with Crippen molar-refractivity contribution in [2.75, 3.05) is 59.6 Å². The number of aromatic carboxylic acids is 1. The number of aryl methyl sites for hydroxylation is 4.